The molecule has 172 valence electrons. The highest BCUT2D eigenvalue weighted by atomic mass is 32.1. The van der Waals surface area contributed by atoms with Crippen LogP contribution in [0.3, 0.4) is 0 Å². The smallest absolute Gasteiger partial charge is 0.186 e. The number of thiazole rings is 1. The Kier molecular flexibility index (Phi) is 6.95. The molecule has 1 aromatic carbocycles. The average Bonchev–Trinajstić information content (AvgIpc) is 3.19. The van der Waals surface area contributed by atoms with Crippen LogP contribution < -0.4 is 10.2 Å². The van der Waals surface area contributed by atoms with Crippen molar-refractivity contribution in [3.63, 3.8) is 0 Å². The highest BCUT2D eigenvalue weighted by Gasteiger charge is 2.24. The summed E-state index contributed by atoms with van der Waals surface area (Å²) in [6.45, 7) is 8.34. The number of aryl methyl sites for hydroxylation is 1. The molecule has 1 aliphatic heterocycles. The molecule has 4 rings (SSSR count). The van der Waals surface area contributed by atoms with Gasteiger partial charge in [-0.1, -0.05) is 17.4 Å². The van der Waals surface area contributed by atoms with E-state index in [0.29, 0.717) is 19.3 Å². The summed E-state index contributed by atoms with van der Waals surface area (Å²) in [4.78, 5) is 11.6. The van der Waals surface area contributed by atoms with E-state index in [1.807, 2.05) is 31.2 Å². The van der Waals surface area contributed by atoms with E-state index in [0.717, 1.165) is 63.9 Å². The standard InChI is InChI=1S/C24H32N4O3S/c1-16-5-4-6-18(26-16)14-31-15-25-20-12-22-21(11-19(20)24(2,3)30)27-23(32-22)28-9-7-17(13-29)8-10-28/h4-6,11-12,17,25,29-30H,7-10,13-15H2,1-3H3. The number of hydrogen-bond donors (Lipinski definition) is 3. The summed E-state index contributed by atoms with van der Waals surface area (Å²) in [7, 11) is 0. The van der Waals surface area contributed by atoms with Gasteiger partial charge in [-0.3, -0.25) is 4.98 Å². The van der Waals surface area contributed by atoms with Gasteiger partial charge in [0.05, 0.1) is 28.1 Å². The van der Waals surface area contributed by atoms with Crippen molar-refractivity contribution in [3.05, 3.63) is 47.3 Å². The third-order valence-corrected chi connectivity index (χ3v) is 6.96. The number of fused-ring (bicyclic) bond motifs is 1. The van der Waals surface area contributed by atoms with Gasteiger partial charge in [0.2, 0.25) is 0 Å². The van der Waals surface area contributed by atoms with Gasteiger partial charge in [0.15, 0.2) is 5.13 Å². The summed E-state index contributed by atoms with van der Waals surface area (Å²) < 4.78 is 6.85. The molecule has 0 radical (unpaired) electrons. The molecule has 0 spiro atoms. The SMILES string of the molecule is Cc1cccc(COCNc2cc3sc(N4CCC(CO)CC4)nc3cc2C(C)(C)O)n1. The minimum atomic E-state index is -1.02. The van der Waals surface area contributed by atoms with Crippen molar-refractivity contribution < 1.29 is 14.9 Å². The van der Waals surface area contributed by atoms with Gasteiger partial charge in [-0.2, -0.15) is 0 Å². The third kappa shape index (κ3) is 5.38. The Balaban J connectivity index is 1.49. The first kappa shape index (κ1) is 22.9. The second-order valence-electron chi connectivity index (χ2n) is 8.97. The van der Waals surface area contributed by atoms with Crippen molar-refractivity contribution in [1.29, 1.82) is 0 Å². The maximum absolute atomic E-state index is 10.8. The monoisotopic (exact) mass is 456 g/mol. The van der Waals surface area contributed by atoms with Gasteiger partial charge in [0, 0.05) is 36.6 Å². The van der Waals surface area contributed by atoms with Gasteiger partial charge in [-0.25, -0.2) is 4.98 Å². The number of hydrogen-bond acceptors (Lipinski definition) is 8. The Morgan fingerprint density at radius 1 is 1.22 bits per heavy atom. The van der Waals surface area contributed by atoms with Crippen LogP contribution in [-0.4, -0.2) is 46.6 Å². The molecule has 0 bridgehead atoms. The molecule has 1 aliphatic rings. The van der Waals surface area contributed by atoms with Gasteiger partial charge in [-0.05, 0) is 63.8 Å². The molecular weight excluding hydrogens is 424 g/mol. The summed E-state index contributed by atoms with van der Waals surface area (Å²) in [5.41, 5.74) is 3.37. The molecule has 0 aliphatic carbocycles. The first-order valence-electron chi connectivity index (χ1n) is 11.1. The predicted molar refractivity (Wildman–Crippen MR) is 129 cm³/mol. The lowest BCUT2D eigenvalue weighted by Gasteiger charge is -2.30. The normalized spacial score (nSPS) is 15.5. The van der Waals surface area contributed by atoms with Crippen LogP contribution in [-0.2, 0) is 16.9 Å². The maximum atomic E-state index is 10.8. The molecule has 3 heterocycles. The fraction of sp³-hybridized carbons (Fsp3) is 0.500. The summed E-state index contributed by atoms with van der Waals surface area (Å²) in [5.74, 6) is 0.397. The second kappa shape index (κ2) is 9.70. The molecule has 0 atom stereocenters. The summed E-state index contributed by atoms with van der Waals surface area (Å²) >= 11 is 1.66. The van der Waals surface area contributed by atoms with Crippen molar-refractivity contribution in [1.82, 2.24) is 9.97 Å². The number of ether oxygens (including phenoxy) is 1. The first-order valence-corrected chi connectivity index (χ1v) is 11.9. The van der Waals surface area contributed by atoms with Crippen molar-refractivity contribution in [2.45, 2.75) is 45.8 Å². The highest BCUT2D eigenvalue weighted by Crippen LogP contribution is 2.37. The Labute approximate surface area is 193 Å². The van der Waals surface area contributed by atoms with Crippen LogP contribution in [0, 0.1) is 12.8 Å². The first-order chi connectivity index (χ1) is 15.3. The molecule has 1 fully saturated rings. The van der Waals surface area contributed by atoms with Gasteiger partial charge < -0.3 is 25.2 Å². The number of aromatic nitrogens is 2. The zero-order valence-corrected chi connectivity index (χ0v) is 19.8. The summed E-state index contributed by atoms with van der Waals surface area (Å²) in [6.07, 6.45) is 1.97. The topological polar surface area (TPSA) is 90.7 Å². The highest BCUT2D eigenvalue weighted by molar-refractivity contribution is 7.22. The van der Waals surface area contributed by atoms with Crippen LogP contribution in [0.25, 0.3) is 10.2 Å². The minimum Gasteiger partial charge on any atom is -0.396 e. The van der Waals surface area contributed by atoms with Crippen molar-refractivity contribution in [2.24, 2.45) is 5.92 Å². The van der Waals surface area contributed by atoms with Crippen LogP contribution in [0.4, 0.5) is 10.8 Å². The number of nitrogens with zero attached hydrogens (tertiary/aromatic N) is 3. The average molecular weight is 457 g/mol. The van der Waals surface area contributed by atoms with Crippen molar-refractivity contribution in [2.75, 3.05) is 36.6 Å². The largest absolute Gasteiger partial charge is 0.396 e. The number of nitrogens with one attached hydrogen (secondary N) is 1. The lowest BCUT2D eigenvalue weighted by atomic mass is 9.96. The van der Waals surface area contributed by atoms with Crippen molar-refractivity contribution >= 4 is 32.4 Å². The molecule has 32 heavy (non-hydrogen) atoms. The Hall–Kier alpha value is -2.26. The molecule has 3 N–H and O–H groups in total. The molecule has 3 aromatic rings. The van der Waals surface area contributed by atoms with Gasteiger partial charge >= 0.3 is 0 Å². The van der Waals surface area contributed by atoms with Gasteiger partial charge in [-0.15, -0.1) is 0 Å². The Morgan fingerprint density at radius 3 is 2.69 bits per heavy atom. The molecule has 0 unspecified atom stereocenters. The van der Waals surface area contributed by atoms with Crippen LogP contribution >= 0.6 is 11.3 Å². The van der Waals surface area contributed by atoms with E-state index in [-0.39, 0.29) is 6.61 Å². The molecule has 1 saturated heterocycles. The Bertz CT molecular complexity index is 1060. The minimum absolute atomic E-state index is 0.264. The van der Waals surface area contributed by atoms with E-state index in [4.69, 9.17) is 9.72 Å². The van der Waals surface area contributed by atoms with Gasteiger partial charge in [0.1, 0.15) is 6.73 Å². The molecule has 0 saturated carbocycles. The number of pyridine rings is 1. The van der Waals surface area contributed by atoms with Gasteiger partial charge in [0.25, 0.3) is 0 Å². The molecule has 0 amide bonds. The van der Waals surface area contributed by atoms with E-state index in [2.05, 4.69) is 21.3 Å². The number of aliphatic hydroxyl groups excluding tert-OH is 1. The van der Waals surface area contributed by atoms with Crippen LogP contribution in [0.15, 0.2) is 30.3 Å². The third-order valence-electron chi connectivity index (χ3n) is 5.88. The number of anilines is 2. The predicted octanol–water partition coefficient (Wildman–Crippen LogP) is 4.02. The molecule has 7 nitrogen and oxygen atoms in total. The summed E-state index contributed by atoms with van der Waals surface area (Å²) in [5, 5.41) is 24.5. The maximum Gasteiger partial charge on any atom is 0.186 e. The number of benzene rings is 1. The van der Waals surface area contributed by atoms with E-state index in [1.54, 1.807) is 25.2 Å². The van der Waals surface area contributed by atoms with E-state index < -0.39 is 5.60 Å². The van der Waals surface area contributed by atoms with Crippen LogP contribution in [0.2, 0.25) is 0 Å². The second-order valence-corrected chi connectivity index (χ2v) is 9.98. The molecule has 8 heteroatoms. The lowest BCUT2D eigenvalue weighted by Crippen LogP contribution is -2.34. The van der Waals surface area contributed by atoms with E-state index >= 15 is 0 Å². The molecule has 2 aromatic heterocycles. The zero-order valence-electron chi connectivity index (χ0n) is 19.0. The number of aliphatic hydroxyl groups is 2. The van der Waals surface area contributed by atoms with Crippen LogP contribution in [0.5, 0.6) is 0 Å². The van der Waals surface area contributed by atoms with Crippen LogP contribution in [0.1, 0.15) is 43.6 Å². The lowest BCUT2D eigenvalue weighted by molar-refractivity contribution is 0.0790. The zero-order chi connectivity index (χ0) is 22.7. The quantitative estimate of drug-likeness (QED) is 0.348. The fourth-order valence-corrected chi connectivity index (χ4v) is 5.06. The van der Waals surface area contributed by atoms with Crippen molar-refractivity contribution in [3.8, 4) is 0 Å². The Morgan fingerprint density at radius 2 is 2.00 bits per heavy atom. The number of piperidine rings is 1. The summed E-state index contributed by atoms with van der Waals surface area (Å²) in [6, 6.07) is 9.91. The fourth-order valence-electron chi connectivity index (χ4n) is 4.02. The van der Waals surface area contributed by atoms with E-state index in [1.165, 1.54) is 0 Å². The molecular formula is C24H32N4O3S. The van der Waals surface area contributed by atoms with E-state index in [9.17, 15) is 10.2 Å². The number of rotatable bonds is 8.